The molecule has 1 aliphatic heterocycles. The fraction of sp³-hybridized carbons (Fsp3) is 0.455. The Morgan fingerprint density at radius 2 is 2.13 bits per heavy atom. The lowest BCUT2D eigenvalue weighted by Crippen LogP contribution is -2.43. The predicted octanol–water partition coefficient (Wildman–Crippen LogP) is 1.40. The summed E-state index contributed by atoms with van der Waals surface area (Å²) in [5.41, 5.74) is 2.23. The zero-order valence-corrected chi connectivity index (χ0v) is 9.61. The standard InChI is InChI=1S/C11H17N3O/c1-12-8-5-6-10-9(7-8)14(4)11(15-10)13(2)3/h5-7,11-12H,1-4H3. The van der Waals surface area contributed by atoms with Gasteiger partial charge in [0.1, 0.15) is 5.75 Å². The molecule has 1 aromatic carbocycles. The molecule has 0 bridgehead atoms. The van der Waals surface area contributed by atoms with Crippen LogP contribution in [0.3, 0.4) is 0 Å². The molecule has 1 unspecified atom stereocenters. The zero-order valence-electron chi connectivity index (χ0n) is 9.61. The van der Waals surface area contributed by atoms with Gasteiger partial charge >= 0.3 is 0 Å². The Kier molecular flexibility index (Phi) is 2.44. The Morgan fingerprint density at radius 3 is 2.73 bits per heavy atom. The fourth-order valence-electron chi connectivity index (χ4n) is 1.81. The van der Waals surface area contributed by atoms with Crippen LogP contribution in [0.25, 0.3) is 0 Å². The van der Waals surface area contributed by atoms with Gasteiger partial charge in [-0.3, -0.25) is 4.90 Å². The summed E-state index contributed by atoms with van der Waals surface area (Å²) in [6.07, 6.45) is -0.00731. The van der Waals surface area contributed by atoms with Crippen molar-refractivity contribution in [1.82, 2.24) is 4.90 Å². The van der Waals surface area contributed by atoms with E-state index in [1.807, 2.05) is 45.2 Å². The third-order valence-corrected chi connectivity index (χ3v) is 2.63. The summed E-state index contributed by atoms with van der Waals surface area (Å²) in [5.74, 6) is 0.940. The SMILES string of the molecule is CNc1ccc2c(c1)N(C)C(N(C)C)O2. The van der Waals surface area contributed by atoms with E-state index in [0.717, 1.165) is 17.1 Å². The molecule has 0 amide bonds. The van der Waals surface area contributed by atoms with Crippen molar-refractivity contribution >= 4 is 11.4 Å². The van der Waals surface area contributed by atoms with Gasteiger partial charge < -0.3 is 15.0 Å². The van der Waals surface area contributed by atoms with Crippen molar-refractivity contribution in [1.29, 1.82) is 0 Å². The number of nitrogens with one attached hydrogen (secondary N) is 1. The van der Waals surface area contributed by atoms with Crippen molar-refractivity contribution in [3.63, 3.8) is 0 Å². The molecule has 1 aromatic rings. The Morgan fingerprint density at radius 1 is 1.40 bits per heavy atom. The number of nitrogens with zero attached hydrogens (tertiary/aromatic N) is 2. The van der Waals surface area contributed by atoms with Gasteiger partial charge in [-0.25, -0.2) is 0 Å². The molecule has 4 nitrogen and oxygen atoms in total. The van der Waals surface area contributed by atoms with E-state index in [4.69, 9.17) is 4.74 Å². The van der Waals surface area contributed by atoms with Crippen molar-refractivity contribution in [2.75, 3.05) is 38.4 Å². The van der Waals surface area contributed by atoms with Gasteiger partial charge in [-0.2, -0.15) is 0 Å². The van der Waals surface area contributed by atoms with E-state index in [1.54, 1.807) is 0 Å². The molecule has 1 atom stereocenters. The van der Waals surface area contributed by atoms with Crippen LogP contribution >= 0.6 is 0 Å². The lowest BCUT2D eigenvalue weighted by molar-refractivity contribution is 0.0844. The minimum absolute atomic E-state index is 0.00731. The van der Waals surface area contributed by atoms with Gasteiger partial charge in [-0.15, -0.1) is 0 Å². The van der Waals surface area contributed by atoms with E-state index in [1.165, 1.54) is 0 Å². The van der Waals surface area contributed by atoms with E-state index in [0.29, 0.717) is 0 Å². The molecule has 1 aliphatic rings. The molecule has 0 saturated carbocycles. The summed E-state index contributed by atoms with van der Waals surface area (Å²) in [4.78, 5) is 4.16. The quantitative estimate of drug-likeness (QED) is 0.793. The summed E-state index contributed by atoms with van der Waals surface area (Å²) in [6.45, 7) is 0. The molecule has 1 heterocycles. The second-order valence-electron chi connectivity index (χ2n) is 3.95. The molecule has 0 spiro atoms. The normalized spacial score (nSPS) is 19.0. The van der Waals surface area contributed by atoms with Gasteiger partial charge in [0.15, 0.2) is 0 Å². The molecular formula is C11H17N3O. The van der Waals surface area contributed by atoms with Crippen molar-refractivity contribution in [3.05, 3.63) is 18.2 Å². The summed E-state index contributed by atoms with van der Waals surface area (Å²) in [7, 11) is 7.97. The van der Waals surface area contributed by atoms with Crippen LogP contribution in [0.4, 0.5) is 11.4 Å². The summed E-state index contributed by atoms with van der Waals surface area (Å²) >= 11 is 0. The molecule has 15 heavy (non-hydrogen) atoms. The van der Waals surface area contributed by atoms with Crippen LogP contribution in [-0.4, -0.2) is 39.4 Å². The molecule has 0 fully saturated rings. The third-order valence-electron chi connectivity index (χ3n) is 2.63. The van der Waals surface area contributed by atoms with E-state index >= 15 is 0 Å². The van der Waals surface area contributed by atoms with Gasteiger partial charge in [0.2, 0.25) is 6.35 Å². The maximum atomic E-state index is 5.80. The smallest absolute Gasteiger partial charge is 0.232 e. The fourth-order valence-corrected chi connectivity index (χ4v) is 1.81. The molecule has 0 radical (unpaired) electrons. The largest absolute Gasteiger partial charge is 0.455 e. The molecule has 0 aliphatic carbocycles. The number of hydrogen-bond donors (Lipinski definition) is 1. The van der Waals surface area contributed by atoms with Crippen LogP contribution in [0.2, 0.25) is 0 Å². The molecule has 82 valence electrons. The number of benzene rings is 1. The highest BCUT2D eigenvalue weighted by Gasteiger charge is 2.29. The summed E-state index contributed by atoms with van der Waals surface area (Å²) < 4.78 is 5.80. The van der Waals surface area contributed by atoms with Gasteiger partial charge in [-0.05, 0) is 32.3 Å². The first-order valence-electron chi connectivity index (χ1n) is 5.01. The monoisotopic (exact) mass is 207 g/mol. The van der Waals surface area contributed by atoms with Crippen LogP contribution in [-0.2, 0) is 0 Å². The first kappa shape index (κ1) is 10.1. The summed E-state index contributed by atoms with van der Waals surface area (Å²) in [5, 5.41) is 3.13. The van der Waals surface area contributed by atoms with Crippen LogP contribution in [0.1, 0.15) is 0 Å². The number of fused-ring (bicyclic) bond motifs is 1. The average Bonchev–Trinajstić information content (AvgIpc) is 2.56. The first-order valence-corrected chi connectivity index (χ1v) is 5.01. The number of rotatable bonds is 2. The second-order valence-corrected chi connectivity index (χ2v) is 3.95. The van der Waals surface area contributed by atoms with Gasteiger partial charge in [0.05, 0.1) is 5.69 Å². The number of anilines is 2. The van der Waals surface area contributed by atoms with Gasteiger partial charge in [0, 0.05) is 19.8 Å². The lowest BCUT2D eigenvalue weighted by atomic mass is 10.2. The van der Waals surface area contributed by atoms with Crippen molar-refractivity contribution < 1.29 is 4.74 Å². The van der Waals surface area contributed by atoms with E-state index in [9.17, 15) is 0 Å². The Bertz CT molecular complexity index is 365. The Hall–Kier alpha value is -1.42. The van der Waals surface area contributed by atoms with Gasteiger partial charge in [0.25, 0.3) is 0 Å². The molecule has 2 rings (SSSR count). The number of hydrogen-bond acceptors (Lipinski definition) is 4. The average molecular weight is 207 g/mol. The van der Waals surface area contributed by atoms with Crippen molar-refractivity contribution in [3.8, 4) is 5.75 Å². The molecule has 0 saturated heterocycles. The Labute approximate surface area is 90.4 Å². The second kappa shape index (κ2) is 3.62. The van der Waals surface area contributed by atoms with Crippen LogP contribution in [0, 0.1) is 0 Å². The van der Waals surface area contributed by atoms with Crippen molar-refractivity contribution in [2.45, 2.75) is 6.35 Å². The maximum Gasteiger partial charge on any atom is 0.232 e. The molecule has 4 heteroatoms. The van der Waals surface area contributed by atoms with Crippen LogP contribution in [0.15, 0.2) is 18.2 Å². The Balaban J connectivity index is 2.33. The topological polar surface area (TPSA) is 27.7 Å². The third kappa shape index (κ3) is 1.61. The highest BCUT2D eigenvalue weighted by atomic mass is 16.5. The first-order chi connectivity index (χ1) is 7.13. The van der Waals surface area contributed by atoms with Crippen LogP contribution in [0.5, 0.6) is 5.75 Å². The van der Waals surface area contributed by atoms with Crippen molar-refractivity contribution in [2.24, 2.45) is 0 Å². The van der Waals surface area contributed by atoms with E-state index in [2.05, 4.69) is 16.3 Å². The van der Waals surface area contributed by atoms with E-state index in [-0.39, 0.29) is 6.35 Å². The lowest BCUT2D eigenvalue weighted by Gasteiger charge is -2.26. The van der Waals surface area contributed by atoms with Crippen LogP contribution < -0.4 is 15.0 Å². The molecular weight excluding hydrogens is 190 g/mol. The van der Waals surface area contributed by atoms with E-state index < -0.39 is 0 Å². The highest BCUT2D eigenvalue weighted by Crippen LogP contribution is 2.38. The number of ether oxygens (including phenoxy) is 1. The minimum atomic E-state index is -0.00731. The summed E-state index contributed by atoms with van der Waals surface area (Å²) in [6, 6.07) is 6.12. The maximum absolute atomic E-state index is 5.80. The molecule has 1 N–H and O–H groups in total. The highest BCUT2D eigenvalue weighted by molar-refractivity contribution is 5.68. The minimum Gasteiger partial charge on any atom is -0.455 e. The predicted molar refractivity (Wildman–Crippen MR) is 62.5 cm³/mol. The van der Waals surface area contributed by atoms with Gasteiger partial charge in [-0.1, -0.05) is 0 Å². The molecule has 0 aromatic heterocycles. The zero-order chi connectivity index (χ0) is 11.0.